The number of rotatable bonds is 6. The molecule has 0 spiro atoms. The molecule has 3 heterocycles. The number of benzene rings is 1. The zero-order valence-corrected chi connectivity index (χ0v) is 21.9. The van der Waals surface area contributed by atoms with E-state index in [4.69, 9.17) is 12.2 Å². The zero-order valence-electron chi connectivity index (χ0n) is 19.4. The van der Waals surface area contributed by atoms with Crippen LogP contribution in [0.3, 0.4) is 0 Å². The van der Waals surface area contributed by atoms with Crippen molar-refractivity contribution in [2.75, 3.05) is 19.6 Å². The van der Waals surface area contributed by atoms with Gasteiger partial charge >= 0.3 is 12.1 Å². The molecule has 0 bridgehead atoms. The van der Waals surface area contributed by atoms with Crippen molar-refractivity contribution in [1.82, 2.24) is 9.80 Å². The first-order valence-electron chi connectivity index (χ1n) is 11.2. The van der Waals surface area contributed by atoms with Gasteiger partial charge in [-0.1, -0.05) is 30.0 Å². The minimum atomic E-state index is -4.83. The quantitative estimate of drug-likeness (QED) is 0.292. The number of hydrogen-bond donors (Lipinski definition) is 2. The lowest BCUT2D eigenvalue weighted by atomic mass is 9.94. The Bertz CT molecular complexity index is 1330. The number of aliphatic hydroxyl groups is 1. The van der Waals surface area contributed by atoms with Gasteiger partial charge in [0, 0.05) is 30.9 Å². The molecule has 4 rings (SSSR count). The normalized spacial score (nSPS) is 21.4. The Kier molecular flexibility index (Phi) is 8.26. The first-order chi connectivity index (χ1) is 17.8. The molecule has 2 amide bonds. The number of aliphatic carboxylic acids is 1. The van der Waals surface area contributed by atoms with Crippen LogP contribution in [0.2, 0.25) is 0 Å². The molecule has 0 unspecified atom stereocenters. The maximum Gasteiger partial charge on any atom is 0.419 e. The van der Waals surface area contributed by atoms with Gasteiger partial charge in [0.2, 0.25) is 5.91 Å². The lowest BCUT2D eigenvalue weighted by Gasteiger charge is -2.34. The number of carbonyl (C=O) groups is 3. The van der Waals surface area contributed by atoms with Crippen molar-refractivity contribution < 1.29 is 42.2 Å². The highest BCUT2D eigenvalue weighted by atomic mass is 32.2. The van der Waals surface area contributed by atoms with Crippen molar-refractivity contribution in [2.45, 2.75) is 25.1 Å². The van der Waals surface area contributed by atoms with Crippen LogP contribution in [-0.4, -0.2) is 67.9 Å². The molecule has 2 saturated heterocycles. The molecular weight excluding hydrogens is 568 g/mol. The molecule has 7 nitrogen and oxygen atoms in total. The van der Waals surface area contributed by atoms with E-state index in [2.05, 4.69) is 0 Å². The van der Waals surface area contributed by atoms with E-state index in [0.717, 1.165) is 23.9 Å². The molecule has 2 aliphatic rings. The van der Waals surface area contributed by atoms with Crippen molar-refractivity contribution >= 4 is 63.5 Å². The highest BCUT2D eigenvalue weighted by Gasteiger charge is 2.37. The summed E-state index contributed by atoms with van der Waals surface area (Å²) in [6.07, 6.45) is -4.25. The van der Waals surface area contributed by atoms with Crippen molar-refractivity contribution in [3.8, 4) is 11.1 Å². The Hall–Kier alpha value is -2.81. The molecule has 1 aromatic heterocycles. The maximum absolute atomic E-state index is 13.6. The summed E-state index contributed by atoms with van der Waals surface area (Å²) in [5, 5.41) is 20.6. The number of thiophene rings is 1. The van der Waals surface area contributed by atoms with E-state index in [9.17, 15) is 42.2 Å². The number of piperidine rings is 1. The third-order valence-electron chi connectivity index (χ3n) is 6.17. The van der Waals surface area contributed by atoms with Crippen LogP contribution >= 0.6 is 35.3 Å². The Morgan fingerprint density at radius 3 is 2.63 bits per heavy atom. The number of halogens is 4. The standard InChI is InChI=1S/C24H20F4N2O5S3/c25-17-2-1-12(8-16(17)24(26,27)28)13-7-14(37-11-13)9-19-21(33)30(23(36)38-19)6-4-20(32)29-5-3-18(31)15(10-29)22(34)35/h1-2,7-9,11,15,18,31H,3-6,10H2,(H,34,35)/t15-,18+/m0/s1. The third-order valence-corrected chi connectivity index (χ3v) is 8.42. The van der Waals surface area contributed by atoms with E-state index >= 15 is 0 Å². The number of amides is 2. The molecule has 14 heteroatoms. The highest BCUT2D eigenvalue weighted by molar-refractivity contribution is 8.26. The number of nitrogens with zero attached hydrogens (tertiary/aromatic N) is 2. The number of alkyl halides is 3. The fourth-order valence-corrected chi connectivity index (χ4v) is 6.32. The van der Waals surface area contributed by atoms with E-state index in [1.165, 1.54) is 27.2 Å². The average molecular weight is 589 g/mol. The number of carboxylic acid groups (broad SMARTS) is 1. The van der Waals surface area contributed by atoms with E-state index in [-0.39, 0.29) is 53.2 Å². The molecule has 0 saturated carbocycles. The van der Waals surface area contributed by atoms with Gasteiger partial charge in [0.05, 0.1) is 16.6 Å². The van der Waals surface area contributed by atoms with Gasteiger partial charge in [-0.2, -0.15) is 13.2 Å². The second-order valence-corrected chi connectivity index (χ2v) is 11.3. The number of hydrogen-bond acceptors (Lipinski definition) is 7. The number of aliphatic hydroxyl groups excluding tert-OH is 1. The largest absolute Gasteiger partial charge is 0.481 e. The Balaban J connectivity index is 1.41. The fraction of sp³-hybridized carbons (Fsp3) is 0.333. The van der Waals surface area contributed by atoms with Gasteiger partial charge in [0.25, 0.3) is 5.91 Å². The van der Waals surface area contributed by atoms with E-state index in [0.29, 0.717) is 10.4 Å². The summed E-state index contributed by atoms with van der Waals surface area (Å²) in [7, 11) is 0. The van der Waals surface area contributed by atoms with Gasteiger partial charge in [-0.3, -0.25) is 19.3 Å². The minimum Gasteiger partial charge on any atom is -0.481 e. The predicted molar refractivity (Wildman–Crippen MR) is 138 cm³/mol. The highest BCUT2D eigenvalue weighted by Crippen LogP contribution is 2.37. The van der Waals surface area contributed by atoms with Gasteiger partial charge in [0.15, 0.2) is 0 Å². The summed E-state index contributed by atoms with van der Waals surface area (Å²) in [5.74, 6) is -4.41. The molecule has 1 aromatic carbocycles. The molecule has 0 aliphatic carbocycles. The summed E-state index contributed by atoms with van der Waals surface area (Å²) in [4.78, 5) is 40.3. The second-order valence-electron chi connectivity index (χ2n) is 8.65. The van der Waals surface area contributed by atoms with Crippen LogP contribution in [-0.2, 0) is 20.6 Å². The van der Waals surface area contributed by atoms with Gasteiger partial charge in [0.1, 0.15) is 16.1 Å². The van der Waals surface area contributed by atoms with Gasteiger partial charge in [-0.25, -0.2) is 4.39 Å². The molecule has 202 valence electrons. The van der Waals surface area contributed by atoms with Gasteiger partial charge < -0.3 is 15.1 Å². The summed E-state index contributed by atoms with van der Waals surface area (Å²) in [5.41, 5.74) is -0.757. The van der Waals surface area contributed by atoms with Crippen molar-refractivity contribution in [2.24, 2.45) is 5.92 Å². The van der Waals surface area contributed by atoms with Crippen LogP contribution in [0.25, 0.3) is 17.2 Å². The predicted octanol–water partition coefficient (Wildman–Crippen LogP) is 4.46. The second kappa shape index (κ2) is 11.1. The van der Waals surface area contributed by atoms with Gasteiger partial charge in [-0.15, -0.1) is 11.3 Å². The summed E-state index contributed by atoms with van der Waals surface area (Å²) in [6.45, 7) is 0.0806. The van der Waals surface area contributed by atoms with Crippen LogP contribution < -0.4 is 0 Å². The molecule has 2 fully saturated rings. The summed E-state index contributed by atoms with van der Waals surface area (Å²) < 4.78 is 53.0. The monoisotopic (exact) mass is 588 g/mol. The number of carboxylic acids is 1. The Morgan fingerprint density at radius 1 is 1.21 bits per heavy atom. The number of thiocarbonyl (C=S) groups is 1. The van der Waals surface area contributed by atoms with Gasteiger partial charge in [-0.05, 0) is 47.2 Å². The van der Waals surface area contributed by atoms with Crippen LogP contribution in [0.5, 0.6) is 0 Å². The van der Waals surface area contributed by atoms with Crippen molar-refractivity contribution in [3.63, 3.8) is 0 Å². The van der Waals surface area contributed by atoms with Crippen LogP contribution in [0.4, 0.5) is 17.6 Å². The summed E-state index contributed by atoms with van der Waals surface area (Å²) >= 11 is 7.49. The van der Waals surface area contributed by atoms with E-state index in [1.54, 1.807) is 17.5 Å². The third kappa shape index (κ3) is 6.08. The zero-order chi connectivity index (χ0) is 27.8. The first-order valence-corrected chi connectivity index (χ1v) is 13.3. The molecule has 2 aromatic rings. The molecule has 2 N–H and O–H groups in total. The SMILES string of the molecule is O=C(O)[C@H]1CN(C(=O)CCN2C(=O)C(=Cc3cc(-c4ccc(F)c(C(F)(F)F)c4)cs3)SC2=S)CC[C@H]1O. The molecule has 2 aliphatic heterocycles. The van der Waals surface area contributed by atoms with Crippen molar-refractivity contribution in [1.29, 1.82) is 0 Å². The average Bonchev–Trinajstić information content (AvgIpc) is 3.41. The topological polar surface area (TPSA) is 98.2 Å². The number of thioether (sulfide) groups is 1. The smallest absolute Gasteiger partial charge is 0.419 e. The van der Waals surface area contributed by atoms with Crippen LogP contribution in [0.15, 0.2) is 34.6 Å². The van der Waals surface area contributed by atoms with Crippen LogP contribution in [0.1, 0.15) is 23.3 Å². The molecular formula is C24H20F4N2O5S3. The lowest BCUT2D eigenvalue weighted by molar-refractivity contribution is -0.151. The number of carbonyl (C=O) groups excluding carboxylic acids is 2. The minimum absolute atomic E-state index is 0.0108. The van der Waals surface area contributed by atoms with Crippen molar-refractivity contribution in [3.05, 3.63) is 50.8 Å². The lowest BCUT2D eigenvalue weighted by Crippen LogP contribution is -2.49. The fourth-order valence-electron chi connectivity index (χ4n) is 4.10. The Morgan fingerprint density at radius 2 is 1.95 bits per heavy atom. The first kappa shape index (κ1) is 28.2. The number of likely N-dealkylation sites (tertiary alicyclic amines) is 1. The molecule has 0 radical (unpaired) electrons. The molecule has 38 heavy (non-hydrogen) atoms. The van der Waals surface area contributed by atoms with E-state index in [1.807, 2.05) is 0 Å². The molecule has 2 atom stereocenters. The summed E-state index contributed by atoms with van der Waals surface area (Å²) in [6, 6.07) is 4.32. The van der Waals surface area contributed by atoms with E-state index < -0.39 is 41.5 Å². The maximum atomic E-state index is 13.6. The van der Waals surface area contributed by atoms with Crippen LogP contribution in [0, 0.1) is 11.7 Å². The Labute approximate surface area is 227 Å².